The second kappa shape index (κ2) is 6.89. The van der Waals surface area contributed by atoms with Crippen LogP contribution < -0.4 is 4.74 Å². The van der Waals surface area contributed by atoms with Gasteiger partial charge >= 0.3 is 0 Å². The number of hydrogen-bond donors (Lipinski definition) is 0. The smallest absolute Gasteiger partial charge is 0.177 e. The maximum atomic E-state index is 12.4. The molecule has 0 unspecified atom stereocenters. The molecule has 1 aliphatic heterocycles. The van der Waals surface area contributed by atoms with Crippen molar-refractivity contribution in [1.82, 2.24) is 4.90 Å². The highest BCUT2D eigenvalue weighted by Gasteiger charge is 2.18. The molecule has 0 bridgehead atoms. The Kier molecular flexibility index (Phi) is 5.18. The Morgan fingerprint density at radius 3 is 2.55 bits per heavy atom. The number of ether oxygens (including phenoxy) is 1. The number of rotatable bonds is 6. The average Bonchev–Trinajstić information content (AvgIpc) is 2.92. The normalized spacial score (nSPS) is 15.6. The number of benzene rings is 1. The van der Waals surface area contributed by atoms with E-state index in [0.717, 1.165) is 48.6 Å². The van der Waals surface area contributed by atoms with Crippen LogP contribution >= 0.6 is 0 Å². The minimum atomic E-state index is 0.231. The van der Waals surface area contributed by atoms with Crippen LogP contribution in [0.15, 0.2) is 12.1 Å². The van der Waals surface area contributed by atoms with Gasteiger partial charge in [-0.2, -0.15) is 0 Å². The van der Waals surface area contributed by atoms with Crippen LogP contribution in [-0.4, -0.2) is 36.9 Å². The highest BCUT2D eigenvalue weighted by molar-refractivity contribution is 5.99. The molecule has 0 amide bonds. The van der Waals surface area contributed by atoms with E-state index in [2.05, 4.69) is 11.8 Å². The van der Waals surface area contributed by atoms with Crippen LogP contribution in [0.5, 0.6) is 5.75 Å². The number of ketones is 1. The van der Waals surface area contributed by atoms with Gasteiger partial charge in [-0.15, -0.1) is 0 Å². The number of carbonyl (C=O) groups is 1. The molecule has 1 aromatic rings. The zero-order valence-corrected chi connectivity index (χ0v) is 12.9. The molecule has 110 valence electrons. The molecule has 3 nitrogen and oxygen atoms in total. The molecule has 3 heteroatoms. The summed E-state index contributed by atoms with van der Waals surface area (Å²) in [5.74, 6) is 1.14. The number of aryl methyl sites for hydroxylation is 2. The first-order chi connectivity index (χ1) is 9.61. The van der Waals surface area contributed by atoms with E-state index in [1.807, 2.05) is 26.0 Å². The van der Waals surface area contributed by atoms with Crippen molar-refractivity contribution in [2.75, 3.05) is 26.2 Å². The van der Waals surface area contributed by atoms with Gasteiger partial charge in [0.15, 0.2) is 5.78 Å². The van der Waals surface area contributed by atoms with Crippen LogP contribution in [0.4, 0.5) is 0 Å². The SMILES string of the molecule is CCCOc1cc(C)c(C(=O)CN2CCCC2)cc1C. The van der Waals surface area contributed by atoms with Crippen molar-refractivity contribution >= 4 is 5.78 Å². The van der Waals surface area contributed by atoms with Crippen molar-refractivity contribution in [3.05, 3.63) is 28.8 Å². The summed E-state index contributed by atoms with van der Waals surface area (Å²) < 4.78 is 5.71. The molecule has 1 aromatic carbocycles. The van der Waals surface area contributed by atoms with Gasteiger partial charge in [0, 0.05) is 5.56 Å². The van der Waals surface area contributed by atoms with E-state index in [0.29, 0.717) is 6.54 Å². The third-order valence-electron chi connectivity index (χ3n) is 3.85. The monoisotopic (exact) mass is 275 g/mol. The van der Waals surface area contributed by atoms with Gasteiger partial charge in [0.1, 0.15) is 5.75 Å². The second-order valence-electron chi connectivity index (χ2n) is 5.69. The van der Waals surface area contributed by atoms with Crippen LogP contribution in [0.3, 0.4) is 0 Å². The molecular formula is C17H25NO2. The zero-order chi connectivity index (χ0) is 14.5. The van der Waals surface area contributed by atoms with Crippen LogP contribution in [0, 0.1) is 13.8 Å². The Morgan fingerprint density at radius 2 is 1.90 bits per heavy atom. The van der Waals surface area contributed by atoms with E-state index in [1.54, 1.807) is 0 Å². The molecule has 2 rings (SSSR count). The zero-order valence-electron chi connectivity index (χ0n) is 12.9. The average molecular weight is 275 g/mol. The Hall–Kier alpha value is -1.35. The quantitative estimate of drug-likeness (QED) is 0.745. The summed E-state index contributed by atoms with van der Waals surface area (Å²) in [6.07, 6.45) is 3.43. The van der Waals surface area contributed by atoms with Gasteiger partial charge in [-0.25, -0.2) is 0 Å². The van der Waals surface area contributed by atoms with E-state index in [9.17, 15) is 4.79 Å². The number of nitrogens with zero attached hydrogens (tertiary/aromatic N) is 1. The van der Waals surface area contributed by atoms with Crippen molar-refractivity contribution in [2.24, 2.45) is 0 Å². The van der Waals surface area contributed by atoms with Crippen LogP contribution in [-0.2, 0) is 0 Å². The van der Waals surface area contributed by atoms with E-state index >= 15 is 0 Å². The summed E-state index contributed by atoms with van der Waals surface area (Å²) in [6, 6.07) is 3.99. The minimum Gasteiger partial charge on any atom is -0.493 e. The van der Waals surface area contributed by atoms with E-state index in [4.69, 9.17) is 4.74 Å². The van der Waals surface area contributed by atoms with Crippen LogP contribution in [0.1, 0.15) is 47.7 Å². The summed E-state index contributed by atoms with van der Waals surface area (Å²) in [7, 11) is 0. The van der Waals surface area contributed by atoms with Crippen molar-refractivity contribution in [3.8, 4) is 5.75 Å². The molecule has 0 aliphatic carbocycles. The van der Waals surface area contributed by atoms with Gasteiger partial charge in [-0.1, -0.05) is 6.92 Å². The van der Waals surface area contributed by atoms with Gasteiger partial charge in [-0.05, 0) is 69.5 Å². The Bertz CT molecular complexity index is 476. The van der Waals surface area contributed by atoms with E-state index < -0.39 is 0 Å². The molecule has 1 saturated heterocycles. The highest BCUT2D eigenvalue weighted by Crippen LogP contribution is 2.24. The first-order valence-electron chi connectivity index (χ1n) is 7.61. The van der Waals surface area contributed by atoms with Gasteiger partial charge in [0.05, 0.1) is 13.2 Å². The predicted octanol–water partition coefficient (Wildman–Crippen LogP) is 3.37. The lowest BCUT2D eigenvalue weighted by atomic mass is 10.0. The van der Waals surface area contributed by atoms with Crippen molar-refractivity contribution < 1.29 is 9.53 Å². The van der Waals surface area contributed by atoms with Crippen LogP contribution in [0.2, 0.25) is 0 Å². The lowest BCUT2D eigenvalue weighted by molar-refractivity contribution is 0.0944. The lowest BCUT2D eigenvalue weighted by Gasteiger charge is -2.16. The van der Waals surface area contributed by atoms with E-state index in [1.165, 1.54) is 12.8 Å². The molecule has 1 fully saturated rings. The molecule has 0 saturated carbocycles. The number of carbonyl (C=O) groups excluding carboxylic acids is 1. The van der Waals surface area contributed by atoms with Crippen molar-refractivity contribution in [3.63, 3.8) is 0 Å². The number of likely N-dealkylation sites (tertiary alicyclic amines) is 1. The number of Topliss-reactive ketones (excluding diaryl/α,β-unsaturated/α-hetero) is 1. The van der Waals surface area contributed by atoms with Crippen LogP contribution in [0.25, 0.3) is 0 Å². The third-order valence-corrected chi connectivity index (χ3v) is 3.85. The van der Waals surface area contributed by atoms with Crippen molar-refractivity contribution in [1.29, 1.82) is 0 Å². The fraction of sp³-hybridized carbons (Fsp3) is 0.588. The van der Waals surface area contributed by atoms with Gasteiger partial charge < -0.3 is 4.74 Å². The van der Waals surface area contributed by atoms with Crippen molar-refractivity contribution in [2.45, 2.75) is 40.0 Å². The first-order valence-corrected chi connectivity index (χ1v) is 7.61. The molecule has 0 radical (unpaired) electrons. The molecule has 1 aliphatic rings. The summed E-state index contributed by atoms with van der Waals surface area (Å²) in [6.45, 7) is 9.49. The molecule has 0 N–H and O–H groups in total. The van der Waals surface area contributed by atoms with Gasteiger partial charge in [0.25, 0.3) is 0 Å². The van der Waals surface area contributed by atoms with E-state index in [-0.39, 0.29) is 5.78 Å². The predicted molar refractivity (Wildman–Crippen MR) is 81.7 cm³/mol. The Morgan fingerprint density at radius 1 is 1.20 bits per heavy atom. The topological polar surface area (TPSA) is 29.5 Å². The summed E-state index contributed by atoms with van der Waals surface area (Å²) in [5, 5.41) is 0. The summed E-state index contributed by atoms with van der Waals surface area (Å²) in [5.41, 5.74) is 2.91. The van der Waals surface area contributed by atoms with Gasteiger partial charge in [-0.3, -0.25) is 9.69 Å². The lowest BCUT2D eigenvalue weighted by Crippen LogP contribution is -2.27. The number of hydrogen-bond acceptors (Lipinski definition) is 3. The highest BCUT2D eigenvalue weighted by atomic mass is 16.5. The molecular weight excluding hydrogens is 250 g/mol. The molecule has 0 atom stereocenters. The molecule has 0 aromatic heterocycles. The minimum absolute atomic E-state index is 0.231. The first kappa shape index (κ1) is 15.0. The molecule has 1 heterocycles. The fourth-order valence-electron chi connectivity index (χ4n) is 2.69. The largest absolute Gasteiger partial charge is 0.493 e. The maximum Gasteiger partial charge on any atom is 0.177 e. The fourth-order valence-corrected chi connectivity index (χ4v) is 2.69. The standard InChI is InChI=1S/C17H25NO2/c1-4-9-20-17-11-13(2)15(10-14(17)3)16(19)12-18-7-5-6-8-18/h10-11H,4-9,12H2,1-3H3. The Balaban J connectivity index is 2.10. The van der Waals surface area contributed by atoms with Gasteiger partial charge in [0.2, 0.25) is 0 Å². The second-order valence-corrected chi connectivity index (χ2v) is 5.69. The molecule has 20 heavy (non-hydrogen) atoms. The molecule has 0 spiro atoms. The third kappa shape index (κ3) is 3.60. The summed E-state index contributed by atoms with van der Waals surface area (Å²) >= 11 is 0. The Labute approximate surface area is 121 Å². The maximum absolute atomic E-state index is 12.4. The summed E-state index contributed by atoms with van der Waals surface area (Å²) in [4.78, 5) is 14.7.